The molecule has 1 heterocycles. The summed E-state index contributed by atoms with van der Waals surface area (Å²) in [6, 6.07) is 7.43. The van der Waals surface area contributed by atoms with Crippen LogP contribution in [0.5, 0.6) is 5.75 Å². The number of alkyl carbamates (subject to hydrolysis) is 1. The summed E-state index contributed by atoms with van der Waals surface area (Å²) < 4.78 is 45.9. The second kappa shape index (κ2) is 10.2. The highest BCUT2D eigenvalue weighted by atomic mass is 32.2. The molecule has 0 fully saturated rings. The van der Waals surface area contributed by atoms with E-state index in [2.05, 4.69) is 25.6 Å². The first-order chi connectivity index (χ1) is 12.9. The van der Waals surface area contributed by atoms with Crippen molar-refractivity contribution >= 4 is 40.0 Å². The summed E-state index contributed by atoms with van der Waals surface area (Å²) in [6.45, 7) is 0.954. The van der Waals surface area contributed by atoms with Gasteiger partial charge in [-0.15, -0.1) is 10.2 Å². The number of halogens is 3. The lowest BCUT2D eigenvalue weighted by Crippen LogP contribution is -2.30. The fourth-order valence-corrected chi connectivity index (χ4v) is 3.46. The van der Waals surface area contributed by atoms with Crippen LogP contribution in [-0.4, -0.2) is 48.0 Å². The number of benzene rings is 1. The molecular formula is C15H17F3N4O3S2. The largest absolute Gasteiger partial charge is 0.492 e. The van der Waals surface area contributed by atoms with Gasteiger partial charge in [-0.25, -0.2) is 4.79 Å². The second-order valence-electron chi connectivity index (χ2n) is 4.89. The maximum atomic E-state index is 11.9. The number of hydrogen-bond acceptors (Lipinski definition) is 8. The van der Waals surface area contributed by atoms with E-state index in [1.807, 2.05) is 31.2 Å². The molecule has 0 aliphatic heterocycles. The van der Waals surface area contributed by atoms with Crippen molar-refractivity contribution < 1.29 is 27.4 Å². The van der Waals surface area contributed by atoms with Crippen molar-refractivity contribution in [1.82, 2.24) is 15.5 Å². The van der Waals surface area contributed by atoms with Crippen LogP contribution in [0.3, 0.4) is 0 Å². The summed E-state index contributed by atoms with van der Waals surface area (Å²) in [5, 5.41) is 14.0. The lowest BCUT2D eigenvalue weighted by atomic mass is 10.3. The van der Waals surface area contributed by atoms with E-state index in [0.29, 0.717) is 27.6 Å². The van der Waals surface area contributed by atoms with Gasteiger partial charge < -0.3 is 20.1 Å². The quantitative estimate of drug-likeness (QED) is 0.466. The Hall–Kier alpha value is -2.21. The molecule has 0 saturated heterocycles. The van der Waals surface area contributed by atoms with Gasteiger partial charge in [0.15, 0.2) is 10.9 Å². The number of nitrogens with zero attached hydrogens (tertiary/aromatic N) is 2. The zero-order valence-electron chi connectivity index (χ0n) is 14.2. The molecule has 0 saturated carbocycles. The molecule has 0 unspecified atom stereocenters. The van der Waals surface area contributed by atoms with Crippen LogP contribution < -0.4 is 15.4 Å². The van der Waals surface area contributed by atoms with Crippen LogP contribution in [0.15, 0.2) is 28.6 Å². The van der Waals surface area contributed by atoms with E-state index in [0.717, 1.165) is 5.69 Å². The first-order valence-electron chi connectivity index (χ1n) is 7.80. The van der Waals surface area contributed by atoms with Crippen LogP contribution in [0.2, 0.25) is 0 Å². The monoisotopic (exact) mass is 422 g/mol. The molecule has 0 spiro atoms. The molecule has 2 aromatic rings. The van der Waals surface area contributed by atoms with E-state index in [-0.39, 0.29) is 6.54 Å². The van der Waals surface area contributed by atoms with Crippen LogP contribution in [0.1, 0.15) is 6.92 Å². The number of alkyl halides is 3. The third kappa shape index (κ3) is 7.91. The highest BCUT2D eigenvalue weighted by Crippen LogP contribution is 2.31. The van der Waals surface area contributed by atoms with E-state index in [1.165, 1.54) is 23.1 Å². The first kappa shape index (κ1) is 21.1. The Morgan fingerprint density at radius 1 is 1.30 bits per heavy atom. The van der Waals surface area contributed by atoms with Crippen molar-refractivity contribution in [1.29, 1.82) is 0 Å². The smallest absolute Gasteiger partial charge is 0.422 e. The number of aromatic nitrogens is 2. The molecule has 27 heavy (non-hydrogen) atoms. The molecule has 1 aromatic heterocycles. The SMILES string of the molecule is CCOc1ccccc1Nc1nnc(SCCNC(=O)OCC(F)(F)F)s1. The van der Waals surface area contributed by atoms with Gasteiger partial charge in [0.1, 0.15) is 5.75 Å². The Labute approximate surface area is 161 Å². The zero-order chi connectivity index (χ0) is 19.7. The van der Waals surface area contributed by atoms with Gasteiger partial charge in [0.25, 0.3) is 0 Å². The summed E-state index contributed by atoms with van der Waals surface area (Å²) in [4.78, 5) is 11.1. The van der Waals surface area contributed by atoms with E-state index in [1.54, 1.807) is 0 Å². The number of anilines is 2. The molecule has 0 aliphatic rings. The van der Waals surface area contributed by atoms with E-state index < -0.39 is 18.9 Å². The lowest BCUT2D eigenvalue weighted by molar-refractivity contribution is -0.160. The predicted molar refractivity (Wildman–Crippen MR) is 96.9 cm³/mol. The van der Waals surface area contributed by atoms with Crippen LogP contribution in [-0.2, 0) is 4.74 Å². The highest BCUT2D eigenvalue weighted by molar-refractivity contribution is 8.01. The van der Waals surface area contributed by atoms with Crippen LogP contribution >= 0.6 is 23.1 Å². The molecule has 1 aromatic carbocycles. The van der Waals surface area contributed by atoms with Crippen molar-refractivity contribution in [3.05, 3.63) is 24.3 Å². The maximum absolute atomic E-state index is 11.9. The Kier molecular flexibility index (Phi) is 7.98. The van der Waals surface area contributed by atoms with E-state index in [4.69, 9.17) is 4.74 Å². The molecule has 0 atom stereocenters. The maximum Gasteiger partial charge on any atom is 0.422 e. The number of carbonyl (C=O) groups is 1. The average molecular weight is 422 g/mol. The van der Waals surface area contributed by atoms with Gasteiger partial charge >= 0.3 is 12.3 Å². The van der Waals surface area contributed by atoms with Crippen LogP contribution in [0.4, 0.5) is 28.8 Å². The van der Waals surface area contributed by atoms with Crippen molar-refractivity contribution in [2.75, 3.05) is 30.8 Å². The van der Waals surface area contributed by atoms with E-state index >= 15 is 0 Å². The van der Waals surface area contributed by atoms with Crippen molar-refractivity contribution in [3.8, 4) is 5.75 Å². The van der Waals surface area contributed by atoms with Crippen molar-refractivity contribution in [2.45, 2.75) is 17.4 Å². The van der Waals surface area contributed by atoms with E-state index in [9.17, 15) is 18.0 Å². The highest BCUT2D eigenvalue weighted by Gasteiger charge is 2.29. The number of hydrogen-bond donors (Lipinski definition) is 2. The third-order valence-corrected chi connectivity index (χ3v) is 4.77. The molecule has 7 nitrogen and oxygen atoms in total. The zero-order valence-corrected chi connectivity index (χ0v) is 15.8. The fraction of sp³-hybridized carbons (Fsp3) is 0.400. The molecular weight excluding hydrogens is 405 g/mol. The summed E-state index contributed by atoms with van der Waals surface area (Å²) in [5.74, 6) is 1.11. The number of ether oxygens (including phenoxy) is 2. The number of thioether (sulfide) groups is 1. The molecule has 2 N–H and O–H groups in total. The Morgan fingerprint density at radius 2 is 2.07 bits per heavy atom. The number of para-hydroxylation sites is 2. The molecule has 1 amide bonds. The van der Waals surface area contributed by atoms with Gasteiger partial charge in [0.05, 0.1) is 12.3 Å². The third-order valence-electron chi connectivity index (χ3n) is 2.80. The van der Waals surface area contributed by atoms with Gasteiger partial charge in [-0.05, 0) is 19.1 Å². The van der Waals surface area contributed by atoms with Crippen LogP contribution in [0.25, 0.3) is 0 Å². The molecule has 2 rings (SSSR count). The minimum absolute atomic E-state index is 0.136. The molecule has 148 valence electrons. The Balaban J connectivity index is 1.74. The predicted octanol–water partition coefficient (Wildman–Crippen LogP) is 4.06. The summed E-state index contributed by atoms with van der Waals surface area (Å²) in [7, 11) is 0. The number of rotatable bonds is 9. The standard InChI is InChI=1S/C15H17F3N4O3S2/c1-2-24-11-6-4-3-5-10(11)20-12-21-22-14(27-12)26-8-7-19-13(23)25-9-15(16,17)18/h3-6H,2,7-9H2,1H3,(H,19,23)(H,20,21). The fourth-order valence-electron chi connectivity index (χ4n) is 1.77. The van der Waals surface area contributed by atoms with Gasteiger partial charge in [-0.1, -0.05) is 35.2 Å². The molecule has 12 heteroatoms. The number of carbonyl (C=O) groups excluding carboxylic acids is 1. The average Bonchev–Trinajstić information content (AvgIpc) is 3.06. The van der Waals surface area contributed by atoms with Gasteiger partial charge in [0.2, 0.25) is 5.13 Å². The molecule has 0 bridgehead atoms. The van der Waals surface area contributed by atoms with Gasteiger partial charge in [0, 0.05) is 12.3 Å². The lowest BCUT2D eigenvalue weighted by Gasteiger charge is -2.09. The van der Waals surface area contributed by atoms with Gasteiger partial charge in [-0.2, -0.15) is 13.2 Å². The Morgan fingerprint density at radius 3 is 2.81 bits per heavy atom. The second-order valence-corrected chi connectivity index (χ2v) is 7.21. The minimum atomic E-state index is -4.54. The molecule has 0 aliphatic carbocycles. The summed E-state index contributed by atoms with van der Waals surface area (Å²) in [6.07, 6.45) is -5.65. The number of amides is 1. The Bertz CT molecular complexity index is 743. The summed E-state index contributed by atoms with van der Waals surface area (Å²) in [5.41, 5.74) is 0.765. The number of nitrogens with one attached hydrogen (secondary N) is 2. The normalized spacial score (nSPS) is 11.1. The van der Waals surface area contributed by atoms with Gasteiger partial charge in [-0.3, -0.25) is 0 Å². The minimum Gasteiger partial charge on any atom is -0.492 e. The summed E-state index contributed by atoms with van der Waals surface area (Å²) >= 11 is 2.62. The molecule has 0 radical (unpaired) electrons. The van der Waals surface area contributed by atoms with Crippen LogP contribution in [0, 0.1) is 0 Å². The topological polar surface area (TPSA) is 85.4 Å². The van der Waals surface area contributed by atoms with Crippen molar-refractivity contribution in [2.24, 2.45) is 0 Å². The first-order valence-corrected chi connectivity index (χ1v) is 9.60. The van der Waals surface area contributed by atoms with Crippen molar-refractivity contribution in [3.63, 3.8) is 0 Å².